The Hall–Kier alpha value is -1.20. The zero-order chi connectivity index (χ0) is 14.7. The second kappa shape index (κ2) is 6.50. The third-order valence-electron chi connectivity index (χ3n) is 3.00. The molecule has 0 bridgehead atoms. The molecule has 1 aromatic carbocycles. The van der Waals surface area contributed by atoms with Gasteiger partial charge in [0.05, 0.1) is 15.9 Å². The first-order valence-corrected chi connectivity index (χ1v) is 7.92. The first-order chi connectivity index (χ1) is 9.51. The highest BCUT2D eigenvalue weighted by Crippen LogP contribution is 2.24. The molecule has 2 nitrogen and oxygen atoms in total. The second-order valence-corrected chi connectivity index (χ2v) is 7.06. The van der Waals surface area contributed by atoms with Gasteiger partial charge in [-0.25, -0.2) is 4.39 Å². The van der Waals surface area contributed by atoms with Crippen LogP contribution in [-0.4, -0.2) is 17.4 Å². The molecule has 5 heteroatoms. The molecule has 20 heavy (non-hydrogen) atoms. The molecule has 1 heterocycles. The topological polar surface area (TPSA) is 20.3 Å². The Morgan fingerprint density at radius 2 is 2.10 bits per heavy atom. The van der Waals surface area contributed by atoms with E-state index in [1.807, 2.05) is 19.1 Å². The van der Waals surface area contributed by atoms with Crippen LogP contribution in [0.1, 0.15) is 27.7 Å². The lowest BCUT2D eigenvalue weighted by Gasteiger charge is -2.20. The van der Waals surface area contributed by atoms with E-state index in [2.05, 4.69) is 15.9 Å². The SMILES string of the molecule is CCN(Cc1ccc(Br)s1)C(=O)c1ccc(C)cc1F. The van der Waals surface area contributed by atoms with Gasteiger partial charge in [-0.05, 0) is 59.6 Å². The van der Waals surface area contributed by atoms with Crippen molar-refractivity contribution in [1.29, 1.82) is 0 Å². The van der Waals surface area contributed by atoms with Gasteiger partial charge >= 0.3 is 0 Å². The van der Waals surface area contributed by atoms with E-state index in [0.29, 0.717) is 13.1 Å². The average Bonchev–Trinajstić information content (AvgIpc) is 2.81. The number of amides is 1. The largest absolute Gasteiger partial charge is 0.334 e. The number of carbonyl (C=O) groups is 1. The molecule has 0 atom stereocenters. The normalized spacial score (nSPS) is 10.6. The summed E-state index contributed by atoms with van der Waals surface area (Å²) in [5.41, 5.74) is 0.942. The highest BCUT2D eigenvalue weighted by atomic mass is 79.9. The lowest BCUT2D eigenvalue weighted by molar-refractivity contribution is 0.0749. The standard InChI is InChI=1S/C15H15BrFNOS/c1-3-18(9-11-5-7-14(16)20-11)15(19)12-6-4-10(2)8-13(12)17/h4-8H,3,9H2,1-2H3. The fourth-order valence-electron chi connectivity index (χ4n) is 1.92. The van der Waals surface area contributed by atoms with Gasteiger partial charge in [0.1, 0.15) is 5.82 Å². The summed E-state index contributed by atoms with van der Waals surface area (Å²) in [6.07, 6.45) is 0. The minimum Gasteiger partial charge on any atom is -0.334 e. The fourth-order valence-corrected chi connectivity index (χ4v) is 3.41. The molecule has 0 saturated carbocycles. The molecule has 0 unspecified atom stereocenters. The van der Waals surface area contributed by atoms with Crippen LogP contribution < -0.4 is 0 Å². The quantitative estimate of drug-likeness (QED) is 0.783. The van der Waals surface area contributed by atoms with Crippen molar-refractivity contribution < 1.29 is 9.18 Å². The molecule has 2 aromatic rings. The summed E-state index contributed by atoms with van der Waals surface area (Å²) in [4.78, 5) is 15.1. The summed E-state index contributed by atoms with van der Waals surface area (Å²) in [6, 6.07) is 8.62. The number of benzene rings is 1. The molecule has 0 N–H and O–H groups in total. The zero-order valence-electron chi connectivity index (χ0n) is 11.3. The van der Waals surface area contributed by atoms with Gasteiger partial charge in [-0.1, -0.05) is 6.07 Å². The van der Waals surface area contributed by atoms with Crippen molar-refractivity contribution >= 4 is 33.2 Å². The van der Waals surface area contributed by atoms with Crippen LogP contribution in [0.5, 0.6) is 0 Å². The Morgan fingerprint density at radius 3 is 2.65 bits per heavy atom. The van der Waals surface area contributed by atoms with Gasteiger partial charge in [-0.2, -0.15) is 0 Å². The van der Waals surface area contributed by atoms with Crippen molar-refractivity contribution in [2.45, 2.75) is 20.4 Å². The molecular weight excluding hydrogens is 341 g/mol. The third kappa shape index (κ3) is 3.46. The Kier molecular flexibility index (Phi) is 4.94. The molecule has 1 amide bonds. The van der Waals surface area contributed by atoms with Crippen LogP contribution in [-0.2, 0) is 6.54 Å². The van der Waals surface area contributed by atoms with Crippen LogP contribution in [0.25, 0.3) is 0 Å². The fraction of sp³-hybridized carbons (Fsp3) is 0.267. The maximum atomic E-state index is 13.9. The number of rotatable bonds is 4. The van der Waals surface area contributed by atoms with Crippen LogP contribution in [0, 0.1) is 12.7 Å². The van der Waals surface area contributed by atoms with E-state index >= 15 is 0 Å². The van der Waals surface area contributed by atoms with Crippen LogP contribution in [0.4, 0.5) is 4.39 Å². The molecular formula is C15H15BrFNOS. The van der Waals surface area contributed by atoms with E-state index < -0.39 is 5.82 Å². The Morgan fingerprint density at radius 1 is 1.35 bits per heavy atom. The van der Waals surface area contributed by atoms with E-state index in [9.17, 15) is 9.18 Å². The van der Waals surface area contributed by atoms with Gasteiger partial charge in [0.2, 0.25) is 0 Å². The Bertz CT molecular complexity index is 626. The van der Waals surface area contributed by atoms with Gasteiger partial charge < -0.3 is 4.90 Å². The van der Waals surface area contributed by atoms with Crippen LogP contribution in [0.15, 0.2) is 34.1 Å². The van der Waals surface area contributed by atoms with Crippen molar-refractivity contribution in [3.8, 4) is 0 Å². The number of carbonyl (C=O) groups excluding carboxylic acids is 1. The van der Waals surface area contributed by atoms with E-state index in [0.717, 1.165) is 14.2 Å². The Balaban J connectivity index is 2.20. The smallest absolute Gasteiger partial charge is 0.257 e. The summed E-state index contributed by atoms with van der Waals surface area (Å²) >= 11 is 4.98. The monoisotopic (exact) mass is 355 g/mol. The van der Waals surface area contributed by atoms with Crippen molar-refractivity contribution in [1.82, 2.24) is 4.90 Å². The molecule has 0 aliphatic rings. The minimum absolute atomic E-state index is 0.132. The predicted molar refractivity (Wildman–Crippen MR) is 83.6 cm³/mol. The van der Waals surface area contributed by atoms with Crippen molar-refractivity contribution in [2.24, 2.45) is 0 Å². The summed E-state index contributed by atoms with van der Waals surface area (Å²) in [7, 11) is 0. The Labute approximate surface area is 130 Å². The predicted octanol–water partition coefficient (Wildman–Crippen LogP) is 4.62. The third-order valence-corrected chi connectivity index (χ3v) is 4.61. The van der Waals surface area contributed by atoms with Gasteiger partial charge in [-0.15, -0.1) is 11.3 Å². The van der Waals surface area contributed by atoms with Crippen LogP contribution in [0.2, 0.25) is 0 Å². The van der Waals surface area contributed by atoms with E-state index in [-0.39, 0.29) is 11.5 Å². The maximum absolute atomic E-state index is 13.9. The van der Waals surface area contributed by atoms with E-state index in [1.54, 1.807) is 35.3 Å². The molecule has 0 spiro atoms. The molecule has 0 fully saturated rings. The van der Waals surface area contributed by atoms with Crippen molar-refractivity contribution in [3.63, 3.8) is 0 Å². The van der Waals surface area contributed by atoms with Crippen molar-refractivity contribution in [3.05, 3.63) is 55.9 Å². The minimum atomic E-state index is -0.458. The van der Waals surface area contributed by atoms with Crippen LogP contribution >= 0.6 is 27.3 Å². The average molecular weight is 356 g/mol. The summed E-state index contributed by atoms with van der Waals surface area (Å²) in [6.45, 7) is 4.74. The first-order valence-electron chi connectivity index (χ1n) is 6.31. The highest BCUT2D eigenvalue weighted by molar-refractivity contribution is 9.11. The summed E-state index contributed by atoms with van der Waals surface area (Å²) in [5.74, 6) is -0.727. The first kappa shape index (κ1) is 15.2. The summed E-state index contributed by atoms with van der Waals surface area (Å²) in [5, 5.41) is 0. The van der Waals surface area contributed by atoms with Crippen LogP contribution in [0.3, 0.4) is 0 Å². The molecule has 1 aromatic heterocycles. The molecule has 106 valence electrons. The lowest BCUT2D eigenvalue weighted by Crippen LogP contribution is -2.30. The molecule has 0 aliphatic heterocycles. The molecule has 0 aliphatic carbocycles. The van der Waals surface area contributed by atoms with E-state index in [1.165, 1.54) is 6.07 Å². The van der Waals surface area contributed by atoms with Crippen molar-refractivity contribution in [2.75, 3.05) is 6.54 Å². The second-order valence-electron chi connectivity index (χ2n) is 4.51. The number of nitrogens with zero attached hydrogens (tertiary/aromatic N) is 1. The van der Waals surface area contributed by atoms with Gasteiger partial charge in [0.25, 0.3) is 5.91 Å². The molecule has 0 saturated heterocycles. The number of halogens is 2. The maximum Gasteiger partial charge on any atom is 0.257 e. The van der Waals surface area contributed by atoms with Gasteiger partial charge in [0.15, 0.2) is 0 Å². The molecule has 2 rings (SSSR count). The zero-order valence-corrected chi connectivity index (χ0v) is 13.7. The number of hydrogen-bond donors (Lipinski definition) is 0. The summed E-state index contributed by atoms with van der Waals surface area (Å²) < 4.78 is 14.9. The van der Waals surface area contributed by atoms with E-state index in [4.69, 9.17) is 0 Å². The van der Waals surface area contributed by atoms with Gasteiger partial charge in [-0.3, -0.25) is 4.79 Å². The lowest BCUT2D eigenvalue weighted by atomic mass is 10.1. The number of thiophene rings is 1. The van der Waals surface area contributed by atoms with Gasteiger partial charge in [0, 0.05) is 11.4 Å². The number of hydrogen-bond acceptors (Lipinski definition) is 2. The highest BCUT2D eigenvalue weighted by Gasteiger charge is 2.18. The number of aryl methyl sites for hydroxylation is 1. The molecule has 0 radical (unpaired) electrons.